The van der Waals surface area contributed by atoms with Crippen molar-refractivity contribution in [2.75, 3.05) is 13.1 Å². The number of amides is 2. The lowest BCUT2D eigenvalue weighted by Crippen LogP contribution is -2.41. The highest BCUT2D eigenvalue weighted by Crippen LogP contribution is 2.24. The molecule has 2 amide bonds. The van der Waals surface area contributed by atoms with E-state index in [4.69, 9.17) is 5.73 Å². The van der Waals surface area contributed by atoms with Gasteiger partial charge in [-0.1, -0.05) is 18.2 Å². The lowest BCUT2D eigenvalue weighted by Gasteiger charge is -2.30. The highest BCUT2D eigenvalue weighted by Gasteiger charge is 2.27. The van der Waals surface area contributed by atoms with Crippen LogP contribution < -0.4 is 5.73 Å². The average molecular weight is 285 g/mol. The zero-order chi connectivity index (χ0) is 15.0. The fourth-order valence-corrected chi connectivity index (χ4v) is 3.05. The molecule has 1 aliphatic heterocycles. The number of likely N-dealkylation sites (tertiary alicyclic amines) is 1. The zero-order valence-corrected chi connectivity index (χ0v) is 12.1. The molecule has 0 saturated carbocycles. The Morgan fingerprint density at radius 1 is 1.19 bits per heavy atom. The average Bonchev–Trinajstić information content (AvgIpc) is 2.84. The van der Waals surface area contributed by atoms with Crippen molar-refractivity contribution in [2.24, 2.45) is 18.7 Å². The van der Waals surface area contributed by atoms with Crippen molar-refractivity contribution >= 4 is 22.7 Å². The topological polar surface area (TPSA) is 68.3 Å². The molecule has 2 aromatic rings. The van der Waals surface area contributed by atoms with Crippen molar-refractivity contribution < 1.29 is 9.59 Å². The third-order valence-corrected chi connectivity index (χ3v) is 4.31. The van der Waals surface area contributed by atoms with Crippen LogP contribution in [0.1, 0.15) is 23.2 Å². The van der Waals surface area contributed by atoms with E-state index >= 15 is 0 Å². The Morgan fingerprint density at radius 2 is 1.86 bits per heavy atom. The second kappa shape index (κ2) is 5.24. The van der Waals surface area contributed by atoms with Gasteiger partial charge in [0.1, 0.15) is 0 Å². The molecule has 2 N–H and O–H groups in total. The molecule has 1 aromatic heterocycles. The van der Waals surface area contributed by atoms with Crippen LogP contribution in [-0.4, -0.2) is 34.4 Å². The molecule has 0 bridgehead atoms. The Hall–Kier alpha value is -2.30. The molecule has 0 atom stereocenters. The van der Waals surface area contributed by atoms with Crippen LogP contribution in [-0.2, 0) is 11.8 Å². The van der Waals surface area contributed by atoms with Gasteiger partial charge in [0.25, 0.3) is 5.91 Å². The number of aromatic nitrogens is 1. The van der Waals surface area contributed by atoms with E-state index in [1.165, 1.54) is 0 Å². The summed E-state index contributed by atoms with van der Waals surface area (Å²) in [6, 6.07) is 7.89. The molecule has 21 heavy (non-hydrogen) atoms. The number of rotatable bonds is 2. The standard InChI is InChI=1S/C16H19N3O2/c1-18-10-13(12-4-2-3-5-14(12)18)16(21)19-8-6-11(7-9-19)15(17)20/h2-5,10-11H,6-9H2,1H3,(H2,17,20). The summed E-state index contributed by atoms with van der Waals surface area (Å²) in [4.78, 5) is 25.7. The fourth-order valence-electron chi connectivity index (χ4n) is 3.05. The maximum Gasteiger partial charge on any atom is 0.256 e. The predicted octanol–water partition coefficient (Wildman–Crippen LogP) is 1.52. The predicted molar refractivity (Wildman–Crippen MR) is 80.7 cm³/mol. The van der Waals surface area contributed by atoms with Crippen molar-refractivity contribution in [3.05, 3.63) is 36.0 Å². The van der Waals surface area contributed by atoms with Gasteiger partial charge in [-0.15, -0.1) is 0 Å². The molecule has 1 saturated heterocycles. The molecular formula is C16H19N3O2. The first kappa shape index (κ1) is 13.7. The molecule has 1 fully saturated rings. The van der Waals surface area contributed by atoms with Crippen LogP contribution in [0.2, 0.25) is 0 Å². The van der Waals surface area contributed by atoms with E-state index in [2.05, 4.69) is 0 Å². The maximum absolute atomic E-state index is 12.7. The van der Waals surface area contributed by atoms with Crippen LogP contribution in [0.3, 0.4) is 0 Å². The summed E-state index contributed by atoms with van der Waals surface area (Å²) in [6.45, 7) is 1.19. The summed E-state index contributed by atoms with van der Waals surface area (Å²) < 4.78 is 1.97. The number of hydrogen-bond acceptors (Lipinski definition) is 2. The zero-order valence-electron chi connectivity index (χ0n) is 12.1. The molecule has 5 nitrogen and oxygen atoms in total. The number of hydrogen-bond donors (Lipinski definition) is 1. The van der Waals surface area contributed by atoms with Crippen LogP contribution in [0.15, 0.2) is 30.5 Å². The molecular weight excluding hydrogens is 266 g/mol. The minimum Gasteiger partial charge on any atom is -0.369 e. The van der Waals surface area contributed by atoms with Gasteiger partial charge in [-0.3, -0.25) is 9.59 Å². The molecule has 0 radical (unpaired) electrons. The van der Waals surface area contributed by atoms with E-state index < -0.39 is 0 Å². The van der Waals surface area contributed by atoms with Crippen LogP contribution in [0, 0.1) is 5.92 Å². The summed E-state index contributed by atoms with van der Waals surface area (Å²) >= 11 is 0. The number of fused-ring (bicyclic) bond motifs is 1. The molecule has 0 aliphatic carbocycles. The van der Waals surface area contributed by atoms with Crippen molar-refractivity contribution in [2.45, 2.75) is 12.8 Å². The molecule has 0 unspecified atom stereocenters. The first-order valence-corrected chi connectivity index (χ1v) is 7.20. The Bertz CT molecular complexity index is 697. The molecule has 1 aromatic carbocycles. The van der Waals surface area contributed by atoms with Crippen LogP contribution in [0.4, 0.5) is 0 Å². The molecule has 1 aliphatic rings. The highest BCUT2D eigenvalue weighted by molar-refractivity contribution is 6.07. The van der Waals surface area contributed by atoms with Gasteiger partial charge < -0.3 is 15.2 Å². The van der Waals surface area contributed by atoms with Gasteiger partial charge in [0.15, 0.2) is 0 Å². The van der Waals surface area contributed by atoms with E-state index in [-0.39, 0.29) is 17.7 Å². The van der Waals surface area contributed by atoms with Gasteiger partial charge in [0.05, 0.1) is 5.56 Å². The number of benzene rings is 1. The van der Waals surface area contributed by atoms with Crippen molar-refractivity contribution in [1.82, 2.24) is 9.47 Å². The van der Waals surface area contributed by atoms with Gasteiger partial charge in [0.2, 0.25) is 5.91 Å². The summed E-state index contributed by atoms with van der Waals surface area (Å²) in [5.41, 5.74) is 7.11. The third-order valence-electron chi connectivity index (χ3n) is 4.31. The smallest absolute Gasteiger partial charge is 0.256 e. The third kappa shape index (κ3) is 2.39. The monoisotopic (exact) mass is 285 g/mol. The van der Waals surface area contributed by atoms with E-state index in [0.717, 1.165) is 16.5 Å². The quantitative estimate of drug-likeness (QED) is 0.909. The minimum atomic E-state index is -0.257. The highest BCUT2D eigenvalue weighted by atomic mass is 16.2. The van der Waals surface area contributed by atoms with Gasteiger partial charge in [0, 0.05) is 43.2 Å². The van der Waals surface area contributed by atoms with Crippen molar-refractivity contribution in [3.63, 3.8) is 0 Å². The Labute approximate surface area is 123 Å². The number of carbonyl (C=O) groups is 2. The fraction of sp³-hybridized carbons (Fsp3) is 0.375. The van der Waals surface area contributed by atoms with E-state index in [0.29, 0.717) is 25.9 Å². The van der Waals surface area contributed by atoms with Gasteiger partial charge in [-0.2, -0.15) is 0 Å². The molecule has 3 rings (SSSR count). The number of piperidine rings is 1. The molecule has 2 heterocycles. The number of primary amides is 1. The van der Waals surface area contributed by atoms with Crippen LogP contribution in [0.5, 0.6) is 0 Å². The molecule has 110 valence electrons. The lowest BCUT2D eigenvalue weighted by molar-refractivity contribution is -0.123. The Morgan fingerprint density at radius 3 is 2.52 bits per heavy atom. The molecule has 5 heteroatoms. The second-order valence-corrected chi connectivity index (χ2v) is 5.64. The first-order valence-electron chi connectivity index (χ1n) is 7.20. The van der Waals surface area contributed by atoms with Crippen LogP contribution >= 0.6 is 0 Å². The largest absolute Gasteiger partial charge is 0.369 e. The molecule has 0 spiro atoms. The lowest BCUT2D eigenvalue weighted by atomic mass is 9.96. The summed E-state index contributed by atoms with van der Waals surface area (Å²) in [7, 11) is 1.94. The maximum atomic E-state index is 12.7. The summed E-state index contributed by atoms with van der Waals surface area (Å²) in [5, 5.41) is 0.974. The van der Waals surface area contributed by atoms with E-state index in [9.17, 15) is 9.59 Å². The van der Waals surface area contributed by atoms with Crippen LogP contribution in [0.25, 0.3) is 10.9 Å². The number of nitrogens with zero attached hydrogens (tertiary/aromatic N) is 2. The van der Waals surface area contributed by atoms with E-state index in [1.807, 2.05) is 47.0 Å². The first-order chi connectivity index (χ1) is 10.1. The van der Waals surface area contributed by atoms with Gasteiger partial charge in [-0.05, 0) is 18.9 Å². The number of aryl methyl sites for hydroxylation is 1. The number of nitrogens with two attached hydrogens (primary N) is 1. The normalized spacial score (nSPS) is 16.3. The summed E-state index contributed by atoms with van der Waals surface area (Å²) in [6.07, 6.45) is 3.20. The Kier molecular flexibility index (Phi) is 3.41. The van der Waals surface area contributed by atoms with Gasteiger partial charge in [-0.25, -0.2) is 0 Å². The van der Waals surface area contributed by atoms with E-state index in [1.54, 1.807) is 0 Å². The Balaban J connectivity index is 1.84. The minimum absolute atomic E-state index is 0.0368. The number of carbonyl (C=O) groups excluding carboxylic acids is 2. The van der Waals surface area contributed by atoms with Crippen molar-refractivity contribution in [3.8, 4) is 0 Å². The van der Waals surface area contributed by atoms with Gasteiger partial charge >= 0.3 is 0 Å². The number of para-hydroxylation sites is 1. The summed E-state index contributed by atoms with van der Waals surface area (Å²) in [5.74, 6) is -0.316. The van der Waals surface area contributed by atoms with Crippen molar-refractivity contribution in [1.29, 1.82) is 0 Å². The second-order valence-electron chi connectivity index (χ2n) is 5.64. The SMILES string of the molecule is Cn1cc(C(=O)N2CCC(C(N)=O)CC2)c2ccccc21.